The third-order valence-electron chi connectivity index (χ3n) is 3.36. The Bertz CT molecular complexity index is 587. The van der Waals surface area contributed by atoms with Gasteiger partial charge < -0.3 is 10.1 Å². The molecule has 2 aromatic rings. The summed E-state index contributed by atoms with van der Waals surface area (Å²) >= 11 is 0. The monoisotopic (exact) mass is 289 g/mol. The SMILES string of the molecule is CCOCC(Nc1nc(NN)nc2ccccc12)C(C)C. The molecule has 0 aliphatic heterocycles. The van der Waals surface area contributed by atoms with Crippen molar-refractivity contribution in [3.05, 3.63) is 24.3 Å². The minimum atomic E-state index is 0.175. The van der Waals surface area contributed by atoms with Crippen molar-refractivity contribution in [2.24, 2.45) is 11.8 Å². The molecule has 1 aromatic carbocycles. The molecule has 2 rings (SSSR count). The van der Waals surface area contributed by atoms with Crippen LogP contribution in [0.2, 0.25) is 0 Å². The van der Waals surface area contributed by atoms with Crippen molar-refractivity contribution in [1.82, 2.24) is 9.97 Å². The average molecular weight is 289 g/mol. The number of hydrogen-bond donors (Lipinski definition) is 3. The van der Waals surface area contributed by atoms with Gasteiger partial charge in [-0.05, 0) is 25.0 Å². The van der Waals surface area contributed by atoms with Gasteiger partial charge in [-0.15, -0.1) is 0 Å². The number of nitrogen functional groups attached to an aromatic ring is 1. The van der Waals surface area contributed by atoms with Crippen molar-refractivity contribution in [2.45, 2.75) is 26.8 Å². The summed E-state index contributed by atoms with van der Waals surface area (Å²) in [6.45, 7) is 7.64. The van der Waals surface area contributed by atoms with Crippen molar-refractivity contribution < 1.29 is 4.74 Å². The highest BCUT2D eigenvalue weighted by Gasteiger charge is 2.16. The average Bonchev–Trinajstić information content (AvgIpc) is 2.50. The molecular formula is C15H23N5O. The van der Waals surface area contributed by atoms with Crippen LogP contribution in [-0.4, -0.2) is 29.2 Å². The summed E-state index contributed by atoms with van der Waals surface area (Å²) in [5, 5.41) is 4.43. The van der Waals surface area contributed by atoms with Gasteiger partial charge in [0.1, 0.15) is 5.82 Å². The number of ether oxygens (including phenoxy) is 1. The van der Waals surface area contributed by atoms with Crippen LogP contribution in [0.5, 0.6) is 0 Å². The van der Waals surface area contributed by atoms with Crippen LogP contribution in [0.3, 0.4) is 0 Å². The summed E-state index contributed by atoms with van der Waals surface area (Å²) in [5.74, 6) is 7.04. The first kappa shape index (κ1) is 15.5. The van der Waals surface area contributed by atoms with Crippen LogP contribution in [0.1, 0.15) is 20.8 Å². The fourth-order valence-corrected chi connectivity index (χ4v) is 2.07. The molecule has 114 valence electrons. The molecule has 6 nitrogen and oxygen atoms in total. The molecular weight excluding hydrogens is 266 g/mol. The molecule has 4 N–H and O–H groups in total. The topological polar surface area (TPSA) is 85.1 Å². The molecule has 0 spiro atoms. The molecule has 0 bridgehead atoms. The Morgan fingerprint density at radius 1 is 1.24 bits per heavy atom. The van der Waals surface area contributed by atoms with Crippen LogP contribution >= 0.6 is 0 Å². The number of aromatic nitrogens is 2. The summed E-state index contributed by atoms with van der Waals surface area (Å²) < 4.78 is 5.55. The van der Waals surface area contributed by atoms with Crippen LogP contribution in [0.15, 0.2) is 24.3 Å². The summed E-state index contributed by atoms with van der Waals surface area (Å²) in [4.78, 5) is 8.79. The summed E-state index contributed by atoms with van der Waals surface area (Å²) in [7, 11) is 0. The molecule has 1 atom stereocenters. The van der Waals surface area contributed by atoms with Gasteiger partial charge in [0, 0.05) is 12.0 Å². The smallest absolute Gasteiger partial charge is 0.239 e. The molecule has 0 fully saturated rings. The van der Waals surface area contributed by atoms with Gasteiger partial charge in [0.25, 0.3) is 0 Å². The Morgan fingerprint density at radius 2 is 2.00 bits per heavy atom. The first-order valence-corrected chi connectivity index (χ1v) is 7.23. The summed E-state index contributed by atoms with van der Waals surface area (Å²) in [6, 6.07) is 8.03. The maximum atomic E-state index is 5.55. The van der Waals surface area contributed by atoms with E-state index < -0.39 is 0 Å². The zero-order valence-electron chi connectivity index (χ0n) is 12.8. The molecule has 1 aromatic heterocycles. The number of hydrogen-bond acceptors (Lipinski definition) is 6. The predicted octanol–water partition coefficient (Wildman–Crippen LogP) is 2.39. The highest BCUT2D eigenvalue weighted by molar-refractivity contribution is 5.90. The third-order valence-corrected chi connectivity index (χ3v) is 3.36. The van der Waals surface area contributed by atoms with Crippen LogP contribution in [0.25, 0.3) is 10.9 Å². The van der Waals surface area contributed by atoms with Crippen molar-refractivity contribution in [3.8, 4) is 0 Å². The lowest BCUT2D eigenvalue weighted by Crippen LogP contribution is -2.31. The van der Waals surface area contributed by atoms with Gasteiger partial charge in [-0.25, -0.2) is 10.8 Å². The van der Waals surface area contributed by atoms with E-state index in [1.54, 1.807) is 0 Å². The lowest BCUT2D eigenvalue weighted by molar-refractivity contribution is 0.126. The Labute approximate surface area is 125 Å². The molecule has 1 heterocycles. The van der Waals surface area contributed by atoms with E-state index in [0.29, 0.717) is 25.1 Å². The van der Waals surface area contributed by atoms with E-state index in [-0.39, 0.29) is 6.04 Å². The number of benzene rings is 1. The number of hydrazine groups is 1. The number of nitrogens with two attached hydrogens (primary N) is 1. The van der Waals surface area contributed by atoms with Gasteiger partial charge in [0.05, 0.1) is 18.2 Å². The Morgan fingerprint density at radius 3 is 2.67 bits per heavy atom. The molecule has 1 unspecified atom stereocenters. The minimum absolute atomic E-state index is 0.175. The molecule has 0 saturated carbocycles. The van der Waals surface area contributed by atoms with Gasteiger partial charge in [0.2, 0.25) is 5.95 Å². The van der Waals surface area contributed by atoms with Crippen LogP contribution < -0.4 is 16.6 Å². The second kappa shape index (κ2) is 7.19. The van der Waals surface area contributed by atoms with E-state index >= 15 is 0 Å². The molecule has 21 heavy (non-hydrogen) atoms. The highest BCUT2D eigenvalue weighted by atomic mass is 16.5. The van der Waals surface area contributed by atoms with Crippen molar-refractivity contribution in [2.75, 3.05) is 24.0 Å². The minimum Gasteiger partial charge on any atom is -0.380 e. The van der Waals surface area contributed by atoms with E-state index in [4.69, 9.17) is 10.6 Å². The number of fused-ring (bicyclic) bond motifs is 1. The Balaban J connectivity index is 2.34. The first-order valence-electron chi connectivity index (χ1n) is 7.23. The maximum absolute atomic E-state index is 5.55. The molecule has 0 saturated heterocycles. The summed E-state index contributed by atoms with van der Waals surface area (Å²) in [5.41, 5.74) is 3.36. The second-order valence-corrected chi connectivity index (χ2v) is 5.21. The molecule has 6 heteroatoms. The molecule has 0 amide bonds. The number of nitrogens with zero attached hydrogens (tertiary/aromatic N) is 2. The van der Waals surface area contributed by atoms with E-state index in [0.717, 1.165) is 16.7 Å². The zero-order valence-corrected chi connectivity index (χ0v) is 12.8. The standard InChI is InChI=1S/C15H23N5O/c1-4-21-9-13(10(2)3)17-14-11-7-5-6-8-12(11)18-15(19-14)20-16/h5-8,10,13H,4,9,16H2,1-3H3,(H2,17,18,19,20). The second-order valence-electron chi connectivity index (χ2n) is 5.21. The van der Waals surface area contributed by atoms with Crippen molar-refractivity contribution in [3.63, 3.8) is 0 Å². The third kappa shape index (κ3) is 3.80. The zero-order chi connectivity index (χ0) is 15.2. The van der Waals surface area contributed by atoms with Gasteiger partial charge in [0.15, 0.2) is 0 Å². The fraction of sp³-hybridized carbons (Fsp3) is 0.467. The Hall–Kier alpha value is -1.92. The lowest BCUT2D eigenvalue weighted by atomic mass is 10.1. The maximum Gasteiger partial charge on any atom is 0.239 e. The van der Waals surface area contributed by atoms with Crippen LogP contribution in [0.4, 0.5) is 11.8 Å². The summed E-state index contributed by atoms with van der Waals surface area (Å²) in [6.07, 6.45) is 0. The largest absolute Gasteiger partial charge is 0.380 e. The van der Waals surface area contributed by atoms with Crippen molar-refractivity contribution >= 4 is 22.7 Å². The van der Waals surface area contributed by atoms with Gasteiger partial charge in [-0.1, -0.05) is 26.0 Å². The number of para-hydroxylation sites is 1. The van der Waals surface area contributed by atoms with E-state index in [1.807, 2.05) is 31.2 Å². The van der Waals surface area contributed by atoms with Gasteiger partial charge in [-0.3, -0.25) is 5.43 Å². The van der Waals surface area contributed by atoms with Crippen molar-refractivity contribution in [1.29, 1.82) is 0 Å². The quantitative estimate of drug-likeness (QED) is 0.536. The number of rotatable bonds is 7. The van der Waals surface area contributed by atoms with E-state index in [2.05, 4.69) is 34.6 Å². The van der Waals surface area contributed by atoms with Gasteiger partial charge >= 0.3 is 0 Å². The fourth-order valence-electron chi connectivity index (χ4n) is 2.07. The van der Waals surface area contributed by atoms with E-state index in [1.165, 1.54) is 0 Å². The van der Waals surface area contributed by atoms with E-state index in [9.17, 15) is 0 Å². The Kier molecular flexibility index (Phi) is 5.30. The normalized spacial score (nSPS) is 12.6. The number of anilines is 2. The molecule has 0 radical (unpaired) electrons. The van der Waals surface area contributed by atoms with Crippen LogP contribution in [0, 0.1) is 5.92 Å². The lowest BCUT2D eigenvalue weighted by Gasteiger charge is -2.23. The predicted molar refractivity (Wildman–Crippen MR) is 86.1 cm³/mol. The first-order chi connectivity index (χ1) is 10.2. The number of nitrogens with one attached hydrogen (secondary N) is 2. The van der Waals surface area contributed by atoms with Gasteiger partial charge in [-0.2, -0.15) is 4.98 Å². The highest BCUT2D eigenvalue weighted by Crippen LogP contribution is 2.23. The molecule has 0 aliphatic rings. The van der Waals surface area contributed by atoms with Crippen LogP contribution in [-0.2, 0) is 4.74 Å². The molecule has 0 aliphatic carbocycles.